The molecule has 2 saturated heterocycles. The second-order valence-corrected chi connectivity index (χ2v) is 9.46. The van der Waals surface area contributed by atoms with Gasteiger partial charge in [0.1, 0.15) is 5.69 Å². The van der Waals surface area contributed by atoms with Crippen LogP contribution in [0.1, 0.15) is 35.9 Å². The fraction of sp³-hybridized carbons (Fsp3) is 0.762. The predicted molar refractivity (Wildman–Crippen MR) is 109 cm³/mol. The molecule has 1 aromatic heterocycles. The lowest BCUT2D eigenvalue weighted by Crippen LogP contribution is -2.48. The number of nitrogens with zero attached hydrogens (tertiary/aromatic N) is 4. The average molecular weight is 511 g/mol. The van der Waals surface area contributed by atoms with Crippen LogP contribution in [0.15, 0.2) is 6.07 Å². The predicted octanol–water partition coefficient (Wildman–Crippen LogP) is 3.04. The van der Waals surface area contributed by atoms with E-state index in [0.29, 0.717) is 50.0 Å². The van der Waals surface area contributed by atoms with Gasteiger partial charge in [0.15, 0.2) is 0 Å². The molecule has 3 fully saturated rings. The molecule has 14 heteroatoms. The Morgan fingerprint density at radius 1 is 1.09 bits per heavy atom. The summed E-state index contributed by atoms with van der Waals surface area (Å²) in [5.41, 5.74) is 1.17. The van der Waals surface area contributed by atoms with Crippen LogP contribution in [0.2, 0.25) is 0 Å². The second-order valence-electron chi connectivity index (χ2n) is 9.46. The average Bonchev–Trinajstić information content (AvgIpc) is 3.18. The van der Waals surface area contributed by atoms with Crippen molar-refractivity contribution in [3.8, 4) is 0 Å². The van der Waals surface area contributed by atoms with Gasteiger partial charge in [-0.2, -0.15) is 31.4 Å². The number of aryl methyl sites for hydroxylation is 1. The Kier molecular flexibility index (Phi) is 6.95. The van der Waals surface area contributed by atoms with Crippen LogP contribution in [0.25, 0.3) is 0 Å². The van der Waals surface area contributed by atoms with Crippen molar-refractivity contribution in [2.75, 3.05) is 32.7 Å². The van der Waals surface area contributed by atoms with E-state index in [2.05, 4.69) is 20.1 Å². The Bertz CT molecular complexity index is 917. The molecule has 8 nitrogen and oxygen atoms in total. The Morgan fingerprint density at radius 3 is 2.20 bits per heavy atom. The molecule has 0 bridgehead atoms. The van der Waals surface area contributed by atoms with Crippen molar-refractivity contribution in [1.82, 2.24) is 24.9 Å². The van der Waals surface area contributed by atoms with E-state index in [1.807, 2.05) is 6.92 Å². The number of hydrogen-bond donors (Lipinski definition) is 1. The van der Waals surface area contributed by atoms with Crippen LogP contribution < -0.4 is 5.32 Å². The van der Waals surface area contributed by atoms with Gasteiger partial charge in [0.05, 0.1) is 5.69 Å². The Hall–Kier alpha value is -2.51. The van der Waals surface area contributed by atoms with Crippen molar-refractivity contribution < 1.29 is 40.7 Å². The van der Waals surface area contributed by atoms with Gasteiger partial charge in [0.2, 0.25) is 0 Å². The summed E-state index contributed by atoms with van der Waals surface area (Å²) in [6.45, 7) is 4.51. The topological polar surface area (TPSA) is 79.7 Å². The van der Waals surface area contributed by atoms with Gasteiger partial charge in [0, 0.05) is 45.8 Å². The Balaban J connectivity index is 1.30. The van der Waals surface area contributed by atoms with Gasteiger partial charge in [-0.15, -0.1) is 0 Å². The quantitative estimate of drug-likeness (QED) is 0.570. The summed E-state index contributed by atoms with van der Waals surface area (Å²) in [5, 5.41) is 7.41. The number of alkyl halides is 6. The van der Waals surface area contributed by atoms with Crippen molar-refractivity contribution in [2.24, 2.45) is 17.8 Å². The fourth-order valence-corrected chi connectivity index (χ4v) is 4.71. The number of halogens is 6. The van der Waals surface area contributed by atoms with E-state index >= 15 is 0 Å². The van der Waals surface area contributed by atoms with Crippen LogP contribution in [-0.4, -0.2) is 82.8 Å². The molecule has 2 amide bonds. The molecule has 0 aromatic carbocycles. The van der Waals surface area contributed by atoms with E-state index in [4.69, 9.17) is 0 Å². The number of aromatic nitrogens is 2. The highest BCUT2D eigenvalue weighted by Gasteiger charge is 2.60. The number of carbonyl (C=O) groups excluding carboxylic acids is 2. The van der Waals surface area contributed by atoms with Crippen molar-refractivity contribution >= 4 is 12.0 Å². The zero-order valence-electron chi connectivity index (χ0n) is 19.0. The van der Waals surface area contributed by atoms with Crippen molar-refractivity contribution in [3.05, 3.63) is 17.5 Å². The van der Waals surface area contributed by atoms with E-state index in [-0.39, 0.29) is 30.8 Å². The van der Waals surface area contributed by atoms with Crippen molar-refractivity contribution in [3.63, 3.8) is 0 Å². The second kappa shape index (κ2) is 9.51. The molecule has 3 aliphatic rings. The SMILES string of the molecule is CCn1nc(CN2CC3CN(C(=O)OC(C(F)(F)F)C(F)(F)F)CC3C2)cc1C(=O)NCC1CC1. The van der Waals surface area contributed by atoms with Gasteiger partial charge in [0.25, 0.3) is 12.0 Å². The minimum absolute atomic E-state index is 0.0145. The molecule has 0 spiro atoms. The highest BCUT2D eigenvalue weighted by atomic mass is 19.4. The molecule has 4 rings (SSSR count). The number of rotatable bonds is 7. The summed E-state index contributed by atoms with van der Waals surface area (Å²) in [7, 11) is 0. The standard InChI is InChI=1S/C21H27F6N5O3/c1-2-32-16(17(33)28-6-12-3-4-12)5-15(29-32)11-30-7-13-9-31(10-14(13)8-30)19(34)35-18(20(22,23)24)21(25,26)27/h5,12-14,18H,2-4,6-11H2,1H3,(H,28,33). The number of carbonyl (C=O) groups is 2. The van der Waals surface area contributed by atoms with Gasteiger partial charge in [-0.1, -0.05) is 0 Å². The summed E-state index contributed by atoms with van der Waals surface area (Å²) in [5.74, 6) is 0.158. The van der Waals surface area contributed by atoms with E-state index in [1.54, 1.807) is 10.7 Å². The third-order valence-corrected chi connectivity index (χ3v) is 6.63. The molecule has 1 N–H and O–H groups in total. The van der Waals surface area contributed by atoms with E-state index in [9.17, 15) is 35.9 Å². The van der Waals surface area contributed by atoms with Gasteiger partial charge in [-0.25, -0.2) is 4.79 Å². The van der Waals surface area contributed by atoms with Gasteiger partial charge in [-0.3, -0.25) is 14.4 Å². The zero-order chi connectivity index (χ0) is 25.5. The van der Waals surface area contributed by atoms with E-state index in [0.717, 1.165) is 17.7 Å². The molecule has 2 unspecified atom stereocenters. The fourth-order valence-electron chi connectivity index (χ4n) is 4.71. The molecule has 0 radical (unpaired) electrons. The van der Waals surface area contributed by atoms with Crippen LogP contribution in [0.4, 0.5) is 31.1 Å². The number of likely N-dealkylation sites (tertiary alicyclic amines) is 2. The first-order valence-corrected chi connectivity index (χ1v) is 11.5. The number of amides is 2. The first-order chi connectivity index (χ1) is 16.3. The van der Waals surface area contributed by atoms with E-state index in [1.165, 1.54) is 0 Å². The van der Waals surface area contributed by atoms with Crippen LogP contribution >= 0.6 is 0 Å². The Labute approximate surface area is 197 Å². The molecule has 35 heavy (non-hydrogen) atoms. The Morgan fingerprint density at radius 2 is 1.69 bits per heavy atom. The van der Waals surface area contributed by atoms with Crippen LogP contribution in [0.3, 0.4) is 0 Å². The zero-order valence-corrected chi connectivity index (χ0v) is 19.0. The summed E-state index contributed by atoms with van der Waals surface area (Å²) >= 11 is 0. The van der Waals surface area contributed by atoms with Crippen LogP contribution in [-0.2, 0) is 17.8 Å². The lowest BCUT2D eigenvalue weighted by Gasteiger charge is -2.26. The minimum Gasteiger partial charge on any atom is -0.426 e. The first-order valence-electron chi connectivity index (χ1n) is 11.5. The smallest absolute Gasteiger partial charge is 0.426 e. The first kappa shape index (κ1) is 25.6. The lowest BCUT2D eigenvalue weighted by molar-refractivity contribution is -0.308. The molecule has 2 aliphatic heterocycles. The maximum absolute atomic E-state index is 12.7. The van der Waals surface area contributed by atoms with Gasteiger partial charge >= 0.3 is 18.4 Å². The van der Waals surface area contributed by atoms with Crippen LogP contribution in [0.5, 0.6) is 0 Å². The lowest BCUT2D eigenvalue weighted by atomic mass is 10.0. The summed E-state index contributed by atoms with van der Waals surface area (Å²) in [6.07, 6.45) is -15.0. The summed E-state index contributed by atoms with van der Waals surface area (Å²) < 4.78 is 81.5. The minimum atomic E-state index is -5.74. The number of fused-ring (bicyclic) bond motifs is 1. The maximum Gasteiger partial charge on any atom is 0.434 e. The number of nitrogens with one attached hydrogen (secondary N) is 1. The third-order valence-electron chi connectivity index (χ3n) is 6.63. The van der Waals surface area contributed by atoms with Crippen LogP contribution in [0, 0.1) is 17.8 Å². The van der Waals surface area contributed by atoms with E-state index < -0.39 is 24.5 Å². The molecule has 1 saturated carbocycles. The number of ether oxygens (including phenoxy) is 1. The molecule has 196 valence electrons. The third kappa shape index (κ3) is 6.01. The molecular formula is C21H27F6N5O3. The number of hydrogen-bond acceptors (Lipinski definition) is 5. The highest BCUT2D eigenvalue weighted by molar-refractivity contribution is 5.92. The maximum atomic E-state index is 12.7. The normalized spacial score (nSPS) is 23.1. The van der Waals surface area contributed by atoms with Gasteiger partial charge < -0.3 is 15.0 Å². The molecule has 3 heterocycles. The highest BCUT2D eigenvalue weighted by Crippen LogP contribution is 2.37. The van der Waals surface area contributed by atoms with Crippen molar-refractivity contribution in [2.45, 2.75) is 51.3 Å². The molecule has 1 aromatic rings. The molecule has 2 atom stereocenters. The molecule has 1 aliphatic carbocycles. The summed E-state index contributed by atoms with van der Waals surface area (Å²) in [4.78, 5) is 27.5. The summed E-state index contributed by atoms with van der Waals surface area (Å²) in [6, 6.07) is 1.73. The molecular weight excluding hydrogens is 484 g/mol. The van der Waals surface area contributed by atoms with Gasteiger partial charge in [-0.05, 0) is 43.6 Å². The largest absolute Gasteiger partial charge is 0.434 e. The van der Waals surface area contributed by atoms with Crippen molar-refractivity contribution in [1.29, 1.82) is 0 Å². The monoisotopic (exact) mass is 511 g/mol.